The molecule has 0 radical (unpaired) electrons. The fourth-order valence-corrected chi connectivity index (χ4v) is 4.77. The van der Waals surface area contributed by atoms with Crippen LogP contribution in [0.25, 0.3) is 0 Å². The minimum Gasteiger partial charge on any atom is -0.494 e. The lowest BCUT2D eigenvalue weighted by Crippen LogP contribution is -2.29. The molecule has 1 amide bonds. The Hall–Kier alpha value is -3.59. The number of Topliss-reactive ketones (excluding diaryl/α,β-unsaturated/α-hetero) is 1. The van der Waals surface area contributed by atoms with E-state index in [1.165, 1.54) is 23.9 Å². The van der Waals surface area contributed by atoms with Crippen LogP contribution in [0.4, 0.5) is 11.4 Å². The van der Waals surface area contributed by atoms with E-state index in [2.05, 4.69) is 5.32 Å². The minimum absolute atomic E-state index is 0.0139. The molecule has 0 atom stereocenters. The van der Waals surface area contributed by atoms with Gasteiger partial charge >= 0.3 is 0 Å². The predicted molar refractivity (Wildman–Crippen MR) is 128 cm³/mol. The highest BCUT2D eigenvalue weighted by atomic mass is 32.2. The molecule has 1 heterocycles. The van der Waals surface area contributed by atoms with Gasteiger partial charge in [0.05, 0.1) is 12.3 Å². The highest BCUT2D eigenvalue weighted by Crippen LogP contribution is 2.27. The van der Waals surface area contributed by atoms with E-state index < -0.39 is 15.9 Å². The number of hydrogen-bond acceptors (Lipinski definition) is 5. The second-order valence-electron chi connectivity index (χ2n) is 7.35. The van der Waals surface area contributed by atoms with E-state index in [1.807, 2.05) is 6.92 Å². The van der Waals surface area contributed by atoms with E-state index in [9.17, 15) is 18.0 Å². The summed E-state index contributed by atoms with van der Waals surface area (Å²) in [4.78, 5) is 24.9. The van der Waals surface area contributed by atoms with Gasteiger partial charge in [0.25, 0.3) is 15.9 Å². The van der Waals surface area contributed by atoms with Crippen LogP contribution < -0.4 is 14.4 Å². The van der Waals surface area contributed by atoms with Crippen LogP contribution in [0.5, 0.6) is 5.75 Å². The van der Waals surface area contributed by atoms with Crippen molar-refractivity contribution in [2.24, 2.45) is 7.05 Å². The molecule has 0 spiro atoms. The normalized spacial score (nSPS) is 11.2. The van der Waals surface area contributed by atoms with Gasteiger partial charge in [-0.25, -0.2) is 8.42 Å². The lowest BCUT2D eigenvalue weighted by molar-refractivity contribution is 0.0984. The maximum Gasteiger partial charge on any atom is 0.273 e. The van der Waals surface area contributed by atoms with Gasteiger partial charge in [-0.15, -0.1) is 0 Å². The van der Waals surface area contributed by atoms with Gasteiger partial charge in [-0.1, -0.05) is 19.1 Å². The highest BCUT2D eigenvalue weighted by Gasteiger charge is 2.29. The molecule has 0 saturated heterocycles. The van der Waals surface area contributed by atoms with Gasteiger partial charge in [0, 0.05) is 38.0 Å². The zero-order valence-corrected chi connectivity index (χ0v) is 19.8. The molecule has 9 heteroatoms. The second kappa shape index (κ2) is 9.91. The Bertz CT molecular complexity index is 1260. The number of carbonyl (C=O) groups excluding carboxylic acids is 2. The molecule has 0 aliphatic heterocycles. The van der Waals surface area contributed by atoms with Crippen molar-refractivity contribution in [3.05, 3.63) is 72.1 Å². The molecule has 8 nitrogen and oxygen atoms in total. The molecule has 1 N–H and O–H groups in total. The van der Waals surface area contributed by atoms with Crippen molar-refractivity contribution in [1.29, 1.82) is 0 Å². The van der Waals surface area contributed by atoms with Crippen LogP contribution in [0, 0.1) is 0 Å². The van der Waals surface area contributed by atoms with Gasteiger partial charge < -0.3 is 14.6 Å². The average Bonchev–Trinajstić information content (AvgIpc) is 3.21. The zero-order valence-electron chi connectivity index (χ0n) is 19.0. The first-order valence-electron chi connectivity index (χ1n) is 10.5. The number of ketones is 1. The first kappa shape index (κ1) is 24.1. The Morgan fingerprint density at radius 3 is 2.39 bits per heavy atom. The van der Waals surface area contributed by atoms with E-state index in [0.29, 0.717) is 35.7 Å². The van der Waals surface area contributed by atoms with Gasteiger partial charge in [0.15, 0.2) is 5.78 Å². The van der Waals surface area contributed by atoms with E-state index in [1.54, 1.807) is 62.5 Å². The van der Waals surface area contributed by atoms with E-state index in [0.717, 1.165) is 4.31 Å². The molecule has 2 aromatic carbocycles. The summed E-state index contributed by atoms with van der Waals surface area (Å²) >= 11 is 0. The summed E-state index contributed by atoms with van der Waals surface area (Å²) in [6, 6.07) is 14.6. The van der Waals surface area contributed by atoms with Crippen molar-refractivity contribution in [2.45, 2.75) is 25.2 Å². The van der Waals surface area contributed by atoms with Crippen molar-refractivity contribution >= 4 is 33.1 Å². The standard InChI is InChI=1S/C24H27N3O5S/c1-5-21(28)17-8-7-9-18(16-17)25-24(29)23-22(14-15-26(23)3)33(30,31)27(4)19-10-12-20(13-11-19)32-6-2/h7-16H,5-6H2,1-4H3,(H,25,29). The SMILES string of the molecule is CCOc1ccc(N(C)S(=O)(=O)c2ccn(C)c2C(=O)Nc2cccc(C(=O)CC)c2)cc1. The van der Waals surface area contributed by atoms with Crippen LogP contribution in [-0.2, 0) is 17.1 Å². The molecule has 174 valence electrons. The molecule has 3 aromatic rings. The first-order valence-corrected chi connectivity index (χ1v) is 11.9. The van der Waals surface area contributed by atoms with Gasteiger partial charge in [0.2, 0.25) is 0 Å². The van der Waals surface area contributed by atoms with Crippen molar-refractivity contribution < 1.29 is 22.7 Å². The minimum atomic E-state index is -4.03. The van der Waals surface area contributed by atoms with Crippen LogP contribution in [0.2, 0.25) is 0 Å². The fraction of sp³-hybridized carbons (Fsp3) is 0.250. The van der Waals surface area contributed by atoms with E-state index >= 15 is 0 Å². The maximum atomic E-state index is 13.4. The largest absolute Gasteiger partial charge is 0.494 e. The van der Waals surface area contributed by atoms with Crippen molar-refractivity contribution in [1.82, 2.24) is 4.57 Å². The molecular weight excluding hydrogens is 442 g/mol. The molecule has 0 unspecified atom stereocenters. The molecule has 3 rings (SSSR count). The lowest BCUT2D eigenvalue weighted by atomic mass is 10.1. The fourth-order valence-electron chi connectivity index (χ4n) is 3.36. The number of nitrogens with one attached hydrogen (secondary N) is 1. The smallest absolute Gasteiger partial charge is 0.273 e. The quantitative estimate of drug-likeness (QED) is 0.476. The zero-order chi connectivity index (χ0) is 24.2. The molecule has 33 heavy (non-hydrogen) atoms. The van der Waals surface area contributed by atoms with E-state index in [-0.39, 0.29) is 16.4 Å². The lowest BCUT2D eigenvalue weighted by Gasteiger charge is -2.20. The summed E-state index contributed by atoms with van der Waals surface area (Å²) in [5.41, 5.74) is 1.30. The number of amides is 1. The third-order valence-electron chi connectivity index (χ3n) is 5.16. The van der Waals surface area contributed by atoms with Gasteiger partial charge in [-0.3, -0.25) is 13.9 Å². The number of nitrogens with zero attached hydrogens (tertiary/aromatic N) is 2. The third kappa shape index (κ3) is 5.09. The maximum absolute atomic E-state index is 13.4. The Kier molecular flexibility index (Phi) is 7.23. The summed E-state index contributed by atoms with van der Waals surface area (Å²) in [6.07, 6.45) is 1.86. The highest BCUT2D eigenvalue weighted by molar-refractivity contribution is 7.92. The Morgan fingerprint density at radius 2 is 1.76 bits per heavy atom. The summed E-state index contributed by atoms with van der Waals surface area (Å²) in [7, 11) is -1.00. The number of aromatic nitrogens is 1. The number of aryl methyl sites for hydroxylation is 1. The van der Waals surface area contributed by atoms with Crippen molar-refractivity contribution in [3.63, 3.8) is 0 Å². The molecule has 0 fully saturated rings. The number of carbonyl (C=O) groups is 2. The average molecular weight is 470 g/mol. The number of hydrogen-bond donors (Lipinski definition) is 1. The Labute approximate surface area is 193 Å². The monoisotopic (exact) mass is 469 g/mol. The third-order valence-corrected chi connectivity index (χ3v) is 6.98. The van der Waals surface area contributed by atoms with Crippen molar-refractivity contribution in [3.8, 4) is 5.75 Å². The van der Waals surface area contributed by atoms with Crippen LogP contribution in [0.1, 0.15) is 41.1 Å². The molecular formula is C24H27N3O5S. The molecule has 1 aromatic heterocycles. The van der Waals surface area contributed by atoms with Gasteiger partial charge in [0.1, 0.15) is 16.3 Å². The Balaban J connectivity index is 1.90. The number of anilines is 2. The molecule has 0 bridgehead atoms. The van der Waals surface area contributed by atoms with Crippen LogP contribution in [0.15, 0.2) is 65.7 Å². The summed E-state index contributed by atoms with van der Waals surface area (Å²) in [6.45, 7) is 4.13. The van der Waals surface area contributed by atoms with Crippen LogP contribution in [-0.4, -0.2) is 38.3 Å². The van der Waals surface area contributed by atoms with Gasteiger partial charge in [-0.05, 0) is 49.4 Å². The topological polar surface area (TPSA) is 97.7 Å². The van der Waals surface area contributed by atoms with Gasteiger partial charge in [-0.2, -0.15) is 0 Å². The summed E-state index contributed by atoms with van der Waals surface area (Å²) in [5.74, 6) is -0.0110. The number of sulfonamides is 1. The first-order chi connectivity index (χ1) is 15.7. The second-order valence-corrected chi connectivity index (χ2v) is 9.29. The number of rotatable bonds is 9. The number of benzene rings is 2. The van der Waals surface area contributed by atoms with E-state index in [4.69, 9.17) is 4.74 Å². The predicted octanol–water partition coefficient (Wildman–Crippen LogP) is 4.09. The summed E-state index contributed by atoms with van der Waals surface area (Å²) < 4.78 is 34.7. The molecule has 0 aliphatic rings. The Morgan fingerprint density at radius 1 is 1.06 bits per heavy atom. The number of ether oxygens (including phenoxy) is 1. The molecule has 0 aliphatic carbocycles. The summed E-state index contributed by atoms with van der Waals surface area (Å²) in [5, 5.41) is 2.71. The molecule has 0 saturated carbocycles. The van der Waals surface area contributed by atoms with Crippen molar-refractivity contribution in [2.75, 3.05) is 23.3 Å². The van der Waals surface area contributed by atoms with Crippen LogP contribution >= 0.6 is 0 Å². The van der Waals surface area contributed by atoms with Crippen LogP contribution in [0.3, 0.4) is 0 Å².